The second-order valence-corrected chi connectivity index (χ2v) is 4.60. The van der Waals surface area contributed by atoms with Gasteiger partial charge in [0.1, 0.15) is 0 Å². The molecule has 5 heteroatoms. The molecule has 1 amide bonds. The number of amides is 1. The molecule has 104 valence electrons. The highest BCUT2D eigenvalue weighted by molar-refractivity contribution is 5.94. The van der Waals surface area contributed by atoms with Gasteiger partial charge in [-0.25, -0.2) is 0 Å². The van der Waals surface area contributed by atoms with Crippen molar-refractivity contribution in [1.29, 1.82) is 0 Å². The molecule has 1 atom stereocenters. The number of ether oxygens (including phenoxy) is 2. The molecule has 5 nitrogen and oxygen atoms in total. The first-order valence-electron chi connectivity index (χ1n) is 6.67. The summed E-state index contributed by atoms with van der Waals surface area (Å²) in [7, 11) is 0. The van der Waals surface area contributed by atoms with Gasteiger partial charge in [-0.15, -0.1) is 0 Å². The maximum Gasteiger partial charge on any atom is 0.241 e. The summed E-state index contributed by atoms with van der Waals surface area (Å²) in [6, 6.07) is 4.91. The summed E-state index contributed by atoms with van der Waals surface area (Å²) in [5.74, 6) is 1.21. The van der Waals surface area contributed by atoms with Gasteiger partial charge in [-0.05, 0) is 18.6 Å². The van der Waals surface area contributed by atoms with E-state index in [9.17, 15) is 4.79 Å². The lowest BCUT2D eigenvalue weighted by Crippen LogP contribution is -2.35. The summed E-state index contributed by atoms with van der Waals surface area (Å²) < 4.78 is 11.1. The maximum atomic E-state index is 11.8. The van der Waals surface area contributed by atoms with Crippen molar-refractivity contribution in [2.75, 3.05) is 18.5 Å². The number of hydrogen-bond acceptors (Lipinski definition) is 4. The van der Waals surface area contributed by atoms with E-state index in [0.29, 0.717) is 36.8 Å². The van der Waals surface area contributed by atoms with E-state index in [-0.39, 0.29) is 5.91 Å². The lowest BCUT2D eigenvalue weighted by Gasteiger charge is -2.13. The van der Waals surface area contributed by atoms with Gasteiger partial charge in [-0.2, -0.15) is 0 Å². The largest absolute Gasteiger partial charge is 0.490 e. The third-order valence-corrected chi connectivity index (χ3v) is 2.95. The van der Waals surface area contributed by atoms with Crippen LogP contribution in [-0.4, -0.2) is 25.2 Å². The van der Waals surface area contributed by atoms with E-state index in [4.69, 9.17) is 15.2 Å². The molecular weight excluding hydrogens is 244 g/mol. The summed E-state index contributed by atoms with van der Waals surface area (Å²) in [6.07, 6.45) is 2.42. The molecule has 0 radical (unpaired) electrons. The minimum atomic E-state index is -0.471. The predicted molar refractivity (Wildman–Crippen MR) is 73.6 cm³/mol. The molecule has 0 saturated carbocycles. The van der Waals surface area contributed by atoms with Crippen LogP contribution in [0.1, 0.15) is 26.2 Å². The summed E-state index contributed by atoms with van der Waals surface area (Å²) in [6.45, 7) is 3.28. The Hall–Kier alpha value is -1.75. The van der Waals surface area contributed by atoms with Crippen molar-refractivity contribution >= 4 is 11.6 Å². The molecule has 2 rings (SSSR count). The smallest absolute Gasteiger partial charge is 0.241 e. The average molecular weight is 264 g/mol. The van der Waals surface area contributed by atoms with Crippen molar-refractivity contribution in [2.24, 2.45) is 5.73 Å². The van der Waals surface area contributed by atoms with Gasteiger partial charge in [0.05, 0.1) is 19.3 Å². The van der Waals surface area contributed by atoms with E-state index in [1.807, 2.05) is 13.0 Å². The lowest BCUT2D eigenvalue weighted by molar-refractivity contribution is -0.117. The molecule has 1 heterocycles. The van der Waals surface area contributed by atoms with Crippen LogP contribution in [0.5, 0.6) is 11.5 Å². The summed E-state index contributed by atoms with van der Waals surface area (Å²) >= 11 is 0. The molecule has 0 aromatic heterocycles. The van der Waals surface area contributed by atoms with Crippen LogP contribution in [0.2, 0.25) is 0 Å². The fraction of sp³-hybridized carbons (Fsp3) is 0.500. The first kappa shape index (κ1) is 13.7. The molecule has 19 heavy (non-hydrogen) atoms. The number of carbonyl (C=O) groups is 1. The molecule has 0 bridgehead atoms. The average Bonchev–Trinajstić information content (AvgIpc) is 2.63. The maximum absolute atomic E-state index is 11.8. The highest BCUT2D eigenvalue weighted by atomic mass is 16.5. The number of carbonyl (C=O) groups excluding carboxylic acids is 1. The molecule has 3 N–H and O–H groups in total. The summed E-state index contributed by atoms with van der Waals surface area (Å²) in [5.41, 5.74) is 6.45. The zero-order chi connectivity index (χ0) is 13.7. The molecule has 1 aromatic carbocycles. The Morgan fingerprint density at radius 1 is 1.37 bits per heavy atom. The lowest BCUT2D eigenvalue weighted by atomic mass is 10.1. The van der Waals surface area contributed by atoms with Crippen molar-refractivity contribution in [3.05, 3.63) is 18.2 Å². The predicted octanol–water partition coefficient (Wildman–Crippen LogP) is 1.91. The van der Waals surface area contributed by atoms with E-state index < -0.39 is 6.04 Å². The van der Waals surface area contributed by atoms with Gasteiger partial charge in [0.2, 0.25) is 5.91 Å². The summed E-state index contributed by atoms with van der Waals surface area (Å²) in [4.78, 5) is 11.8. The normalized spacial score (nSPS) is 15.5. The van der Waals surface area contributed by atoms with Crippen molar-refractivity contribution < 1.29 is 14.3 Å². The monoisotopic (exact) mass is 264 g/mol. The van der Waals surface area contributed by atoms with Crippen molar-refractivity contribution in [1.82, 2.24) is 0 Å². The zero-order valence-corrected chi connectivity index (χ0v) is 11.1. The highest BCUT2D eigenvalue weighted by Crippen LogP contribution is 2.32. The van der Waals surface area contributed by atoms with E-state index in [1.165, 1.54) is 0 Å². The standard InChI is InChI=1S/C14H20N2O3/c1-2-4-11(15)14(17)16-10-5-6-12-13(9-10)19-8-3-7-18-12/h5-6,9,11H,2-4,7-8,15H2,1H3,(H,16,17). The molecule has 1 aliphatic heterocycles. The van der Waals surface area contributed by atoms with E-state index in [1.54, 1.807) is 12.1 Å². The Balaban J connectivity index is 2.05. The van der Waals surface area contributed by atoms with Gasteiger partial charge in [0.15, 0.2) is 11.5 Å². The van der Waals surface area contributed by atoms with Crippen LogP contribution in [-0.2, 0) is 4.79 Å². The fourth-order valence-electron chi connectivity index (χ4n) is 1.92. The number of benzene rings is 1. The van der Waals surface area contributed by atoms with Gasteiger partial charge in [0, 0.05) is 18.2 Å². The minimum Gasteiger partial charge on any atom is -0.490 e. The Morgan fingerprint density at radius 3 is 2.84 bits per heavy atom. The highest BCUT2D eigenvalue weighted by Gasteiger charge is 2.15. The second-order valence-electron chi connectivity index (χ2n) is 4.60. The molecule has 0 spiro atoms. The topological polar surface area (TPSA) is 73.6 Å². The molecule has 1 unspecified atom stereocenters. The quantitative estimate of drug-likeness (QED) is 0.871. The van der Waals surface area contributed by atoms with Crippen LogP contribution in [0, 0.1) is 0 Å². The Kier molecular flexibility index (Phi) is 4.63. The van der Waals surface area contributed by atoms with Crippen molar-refractivity contribution in [3.63, 3.8) is 0 Å². The first-order chi connectivity index (χ1) is 9.20. The van der Waals surface area contributed by atoms with Crippen LogP contribution < -0.4 is 20.5 Å². The fourth-order valence-corrected chi connectivity index (χ4v) is 1.92. The SMILES string of the molecule is CCCC(N)C(=O)Nc1ccc2c(c1)OCCCO2. The van der Waals surface area contributed by atoms with Crippen LogP contribution in [0.3, 0.4) is 0 Å². The third kappa shape index (κ3) is 3.61. The van der Waals surface area contributed by atoms with Crippen LogP contribution in [0.15, 0.2) is 18.2 Å². The number of nitrogens with two attached hydrogens (primary N) is 1. The van der Waals surface area contributed by atoms with Crippen LogP contribution >= 0.6 is 0 Å². The third-order valence-electron chi connectivity index (χ3n) is 2.95. The number of rotatable bonds is 4. The minimum absolute atomic E-state index is 0.170. The number of fused-ring (bicyclic) bond motifs is 1. The van der Waals surface area contributed by atoms with Gasteiger partial charge >= 0.3 is 0 Å². The van der Waals surface area contributed by atoms with Crippen molar-refractivity contribution in [3.8, 4) is 11.5 Å². The Morgan fingerprint density at radius 2 is 2.11 bits per heavy atom. The molecule has 1 aliphatic rings. The van der Waals surface area contributed by atoms with Crippen LogP contribution in [0.4, 0.5) is 5.69 Å². The van der Waals surface area contributed by atoms with E-state index >= 15 is 0 Å². The summed E-state index contributed by atoms with van der Waals surface area (Å²) in [5, 5.41) is 2.80. The number of anilines is 1. The Labute approximate surface area is 113 Å². The first-order valence-corrected chi connectivity index (χ1v) is 6.67. The van der Waals surface area contributed by atoms with E-state index in [2.05, 4.69) is 5.32 Å². The zero-order valence-electron chi connectivity index (χ0n) is 11.1. The van der Waals surface area contributed by atoms with E-state index in [0.717, 1.165) is 12.8 Å². The Bertz CT molecular complexity index is 448. The molecule has 1 aromatic rings. The molecule has 0 aliphatic carbocycles. The molecule has 0 fully saturated rings. The van der Waals surface area contributed by atoms with Gasteiger partial charge in [0.25, 0.3) is 0 Å². The number of hydrogen-bond donors (Lipinski definition) is 2. The van der Waals surface area contributed by atoms with Crippen LogP contribution in [0.25, 0.3) is 0 Å². The molecular formula is C14H20N2O3. The number of nitrogens with one attached hydrogen (secondary N) is 1. The second kappa shape index (κ2) is 6.43. The van der Waals surface area contributed by atoms with Gasteiger partial charge < -0.3 is 20.5 Å². The van der Waals surface area contributed by atoms with Crippen molar-refractivity contribution in [2.45, 2.75) is 32.2 Å². The van der Waals surface area contributed by atoms with Gasteiger partial charge in [-0.1, -0.05) is 13.3 Å². The molecule has 0 saturated heterocycles. The van der Waals surface area contributed by atoms with Gasteiger partial charge in [-0.3, -0.25) is 4.79 Å².